The highest BCUT2D eigenvalue weighted by atomic mass is 16.5. The summed E-state index contributed by atoms with van der Waals surface area (Å²) in [7, 11) is 0. The van der Waals surface area contributed by atoms with Crippen molar-refractivity contribution in [3.63, 3.8) is 0 Å². The Kier molecular flexibility index (Phi) is 8.07. The van der Waals surface area contributed by atoms with E-state index in [4.69, 9.17) is 4.74 Å². The number of unbranched alkanes of at least 4 members (excludes halogenated alkanes) is 1. The number of nitrogens with zero attached hydrogens (tertiary/aromatic N) is 2. The number of aliphatic carboxylic acids is 1. The quantitative estimate of drug-likeness (QED) is 0.639. The number of alkyl carbamates (subject to hydrolysis) is 1. The minimum Gasteiger partial charge on any atom is -0.480 e. The molecule has 0 radical (unpaired) electrons. The number of amides is 1. The van der Waals surface area contributed by atoms with Gasteiger partial charge in [-0.1, -0.05) is 20.3 Å². The highest BCUT2D eigenvalue weighted by molar-refractivity contribution is 5.75. The first-order valence-corrected chi connectivity index (χ1v) is 7.68. The minimum atomic E-state index is -0.909. The lowest BCUT2D eigenvalue weighted by Gasteiger charge is -2.37. The Labute approximate surface area is 126 Å². The predicted molar refractivity (Wildman–Crippen MR) is 79.4 cm³/mol. The van der Waals surface area contributed by atoms with Crippen LogP contribution in [0.15, 0.2) is 0 Å². The molecule has 1 rings (SSSR count). The number of carboxylic acids is 1. The van der Waals surface area contributed by atoms with Gasteiger partial charge in [0.2, 0.25) is 0 Å². The average Bonchev–Trinajstić information content (AvgIpc) is 2.48. The van der Waals surface area contributed by atoms with Crippen molar-refractivity contribution in [3.8, 4) is 0 Å². The normalized spacial score (nSPS) is 18.2. The molecular weight excluding hydrogens is 274 g/mol. The van der Waals surface area contributed by atoms with Gasteiger partial charge in [0.15, 0.2) is 0 Å². The first-order chi connectivity index (χ1) is 10.1. The van der Waals surface area contributed by atoms with Crippen LogP contribution < -0.4 is 5.32 Å². The second-order valence-corrected chi connectivity index (χ2v) is 5.19. The molecule has 0 spiro atoms. The third-order valence-electron chi connectivity index (χ3n) is 3.75. The van der Waals surface area contributed by atoms with E-state index in [1.807, 2.05) is 11.8 Å². The highest BCUT2D eigenvalue weighted by Crippen LogP contribution is 2.06. The fourth-order valence-electron chi connectivity index (χ4n) is 2.30. The summed E-state index contributed by atoms with van der Waals surface area (Å²) in [6, 6.07) is -0.692. The molecular formula is C14H27N3O4. The number of hydrogen-bond donors (Lipinski definition) is 2. The van der Waals surface area contributed by atoms with Crippen LogP contribution in [0.5, 0.6) is 0 Å². The van der Waals surface area contributed by atoms with Gasteiger partial charge in [-0.15, -0.1) is 0 Å². The van der Waals surface area contributed by atoms with Crippen LogP contribution in [0.4, 0.5) is 4.79 Å². The molecule has 0 aliphatic carbocycles. The zero-order chi connectivity index (χ0) is 15.7. The Bertz CT molecular complexity index is 330. The van der Waals surface area contributed by atoms with Crippen LogP contribution in [0.2, 0.25) is 0 Å². The zero-order valence-electron chi connectivity index (χ0n) is 13.0. The van der Waals surface area contributed by atoms with E-state index in [2.05, 4.69) is 17.1 Å². The lowest BCUT2D eigenvalue weighted by atomic mass is 10.2. The summed E-state index contributed by atoms with van der Waals surface area (Å²) >= 11 is 0. The summed E-state index contributed by atoms with van der Waals surface area (Å²) in [6.07, 6.45) is 1.23. The maximum Gasteiger partial charge on any atom is 0.407 e. The lowest BCUT2D eigenvalue weighted by molar-refractivity contribution is -0.143. The molecule has 1 fully saturated rings. The van der Waals surface area contributed by atoms with Gasteiger partial charge in [-0.25, -0.2) is 4.79 Å². The van der Waals surface area contributed by atoms with Gasteiger partial charge < -0.3 is 20.1 Å². The average molecular weight is 301 g/mol. The molecule has 7 heteroatoms. The largest absolute Gasteiger partial charge is 0.480 e. The molecule has 0 aromatic rings. The second kappa shape index (κ2) is 9.57. The van der Waals surface area contributed by atoms with Crippen LogP contribution in [0.25, 0.3) is 0 Å². The van der Waals surface area contributed by atoms with Gasteiger partial charge in [0.1, 0.15) is 6.04 Å². The number of rotatable bonds is 8. The van der Waals surface area contributed by atoms with E-state index >= 15 is 0 Å². The van der Waals surface area contributed by atoms with Gasteiger partial charge in [-0.3, -0.25) is 9.69 Å². The third-order valence-corrected chi connectivity index (χ3v) is 3.75. The molecule has 1 atom stereocenters. The first kappa shape index (κ1) is 17.7. The topological polar surface area (TPSA) is 82.1 Å². The molecule has 0 aromatic carbocycles. The smallest absolute Gasteiger partial charge is 0.407 e. The van der Waals surface area contributed by atoms with Gasteiger partial charge >= 0.3 is 12.1 Å². The van der Waals surface area contributed by atoms with Crippen molar-refractivity contribution in [2.75, 3.05) is 45.9 Å². The maximum absolute atomic E-state index is 11.5. The van der Waals surface area contributed by atoms with E-state index < -0.39 is 18.1 Å². The summed E-state index contributed by atoms with van der Waals surface area (Å²) in [5.74, 6) is -0.909. The van der Waals surface area contributed by atoms with Gasteiger partial charge in [-0.2, -0.15) is 0 Å². The highest BCUT2D eigenvalue weighted by Gasteiger charge is 2.28. The Hall–Kier alpha value is -1.34. The molecule has 1 unspecified atom stereocenters. The molecule has 1 aliphatic rings. The van der Waals surface area contributed by atoms with Crippen LogP contribution in [0.3, 0.4) is 0 Å². The van der Waals surface area contributed by atoms with Gasteiger partial charge in [0.05, 0.1) is 6.61 Å². The van der Waals surface area contributed by atoms with Crippen molar-refractivity contribution in [1.29, 1.82) is 0 Å². The van der Waals surface area contributed by atoms with Gasteiger partial charge in [0, 0.05) is 32.7 Å². The van der Waals surface area contributed by atoms with Crippen molar-refractivity contribution < 1.29 is 19.4 Å². The number of likely N-dealkylation sites (N-methyl/N-ethyl adjacent to an activating group) is 1. The van der Waals surface area contributed by atoms with Crippen LogP contribution in [0.1, 0.15) is 26.7 Å². The predicted octanol–water partition coefficient (Wildman–Crippen LogP) is 0.603. The molecule has 1 aliphatic heterocycles. The molecule has 1 saturated heterocycles. The molecule has 1 heterocycles. The zero-order valence-corrected chi connectivity index (χ0v) is 13.0. The molecule has 122 valence electrons. The molecule has 1 amide bonds. The summed E-state index contributed by atoms with van der Waals surface area (Å²) in [6.45, 7) is 8.67. The fraction of sp³-hybridized carbons (Fsp3) is 0.857. The summed E-state index contributed by atoms with van der Waals surface area (Å²) < 4.78 is 4.96. The van der Waals surface area contributed by atoms with E-state index in [-0.39, 0.29) is 6.54 Å². The monoisotopic (exact) mass is 301 g/mol. The molecule has 0 saturated carbocycles. The molecule has 0 aromatic heterocycles. The van der Waals surface area contributed by atoms with Crippen molar-refractivity contribution >= 4 is 12.1 Å². The number of nitrogens with one attached hydrogen (secondary N) is 1. The maximum atomic E-state index is 11.5. The van der Waals surface area contributed by atoms with Crippen molar-refractivity contribution in [2.45, 2.75) is 32.7 Å². The van der Waals surface area contributed by atoms with E-state index in [0.717, 1.165) is 32.5 Å². The van der Waals surface area contributed by atoms with E-state index in [1.165, 1.54) is 0 Å². The third kappa shape index (κ3) is 6.31. The number of hydrogen-bond acceptors (Lipinski definition) is 5. The number of ether oxygens (including phenoxy) is 1. The van der Waals surface area contributed by atoms with Crippen LogP contribution in [0, 0.1) is 0 Å². The molecule has 7 nitrogen and oxygen atoms in total. The fourth-order valence-corrected chi connectivity index (χ4v) is 2.30. The first-order valence-electron chi connectivity index (χ1n) is 7.68. The molecule has 0 bridgehead atoms. The van der Waals surface area contributed by atoms with Gasteiger partial charge in [-0.05, 0) is 13.0 Å². The number of piperazine rings is 1. The van der Waals surface area contributed by atoms with E-state index in [1.54, 1.807) is 0 Å². The second-order valence-electron chi connectivity index (χ2n) is 5.19. The SMILES string of the molecule is CCCCOC(=O)NCC(C(=O)O)N1CCN(CC)CC1. The Balaban J connectivity index is 2.37. The summed E-state index contributed by atoms with van der Waals surface area (Å²) in [4.78, 5) is 27.0. The summed E-state index contributed by atoms with van der Waals surface area (Å²) in [5, 5.41) is 11.9. The standard InChI is InChI=1S/C14H27N3O4/c1-3-5-10-21-14(20)15-11-12(13(18)19)17-8-6-16(4-2)7-9-17/h12H,3-11H2,1-2H3,(H,15,20)(H,18,19). The van der Waals surface area contributed by atoms with Gasteiger partial charge in [0.25, 0.3) is 0 Å². The Morgan fingerprint density at radius 2 is 1.90 bits per heavy atom. The Morgan fingerprint density at radius 3 is 2.43 bits per heavy atom. The van der Waals surface area contributed by atoms with Crippen molar-refractivity contribution in [1.82, 2.24) is 15.1 Å². The van der Waals surface area contributed by atoms with Crippen molar-refractivity contribution in [2.24, 2.45) is 0 Å². The Morgan fingerprint density at radius 1 is 1.24 bits per heavy atom. The molecule has 21 heavy (non-hydrogen) atoms. The molecule has 2 N–H and O–H groups in total. The van der Waals surface area contributed by atoms with Crippen LogP contribution in [-0.2, 0) is 9.53 Å². The number of carbonyl (C=O) groups is 2. The van der Waals surface area contributed by atoms with Crippen LogP contribution >= 0.6 is 0 Å². The lowest BCUT2D eigenvalue weighted by Crippen LogP contribution is -2.56. The minimum absolute atomic E-state index is 0.0758. The number of carbonyl (C=O) groups excluding carboxylic acids is 1. The summed E-state index contributed by atoms with van der Waals surface area (Å²) in [5.41, 5.74) is 0. The van der Waals surface area contributed by atoms with Crippen molar-refractivity contribution in [3.05, 3.63) is 0 Å². The number of carboxylic acid groups (broad SMARTS) is 1. The van der Waals surface area contributed by atoms with E-state index in [0.29, 0.717) is 19.7 Å². The van der Waals surface area contributed by atoms with E-state index in [9.17, 15) is 14.7 Å². The van der Waals surface area contributed by atoms with Crippen LogP contribution in [-0.4, -0.2) is 78.9 Å².